The average molecular weight is 397 g/mol. The Morgan fingerprint density at radius 2 is 2.10 bits per heavy atom. The van der Waals surface area contributed by atoms with E-state index >= 15 is 0 Å². The Morgan fingerprint density at radius 3 is 2.62 bits per heavy atom. The number of rotatable bonds is 9. The minimum Gasteiger partial charge on any atom is -0.361 e. The molecular weight excluding hydrogens is 371 g/mol. The molecule has 0 saturated carbocycles. The fraction of sp³-hybridized carbons (Fsp3) is 0.769. The minimum atomic E-state index is -2.81. The van der Waals surface area contributed by atoms with Crippen LogP contribution in [-0.4, -0.2) is 29.1 Å². The first kappa shape index (κ1) is 19.1. The van der Waals surface area contributed by atoms with E-state index in [9.17, 15) is 9.46 Å². The van der Waals surface area contributed by atoms with E-state index in [0.29, 0.717) is 23.4 Å². The van der Waals surface area contributed by atoms with Gasteiger partial charge in [-0.15, -0.1) is 0 Å². The van der Waals surface area contributed by atoms with E-state index in [4.69, 9.17) is 4.74 Å². The Kier molecular flexibility index (Phi) is 7.85. The number of halogens is 1. The van der Waals surface area contributed by atoms with Crippen LogP contribution in [0, 0.1) is 0 Å². The third-order valence-corrected chi connectivity index (χ3v) is 6.71. The third-order valence-electron chi connectivity index (χ3n) is 3.18. The summed E-state index contributed by atoms with van der Waals surface area (Å²) in [5.74, 6) is 0.819. The molecule has 1 heterocycles. The van der Waals surface area contributed by atoms with Gasteiger partial charge in [-0.1, -0.05) is 33.0 Å². The fourth-order valence-electron chi connectivity index (χ4n) is 1.87. The molecular formula is C13H26BrN2O3PSi. The van der Waals surface area contributed by atoms with Crippen LogP contribution in [0.5, 0.6) is 0 Å². The van der Waals surface area contributed by atoms with Crippen molar-refractivity contribution in [2.75, 3.05) is 6.61 Å². The zero-order valence-corrected chi connectivity index (χ0v) is 16.9. The highest BCUT2D eigenvalue weighted by Gasteiger charge is 2.19. The summed E-state index contributed by atoms with van der Waals surface area (Å²) in [5.41, 5.74) is 0.360. The monoisotopic (exact) mass is 396 g/mol. The van der Waals surface area contributed by atoms with Crippen LogP contribution in [0.4, 0.5) is 0 Å². The second-order valence-corrected chi connectivity index (χ2v) is 13.8. The van der Waals surface area contributed by atoms with Crippen LogP contribution in [0.3, 0.4) is 0 Å². The Bertz CT molecular complexity index is 488. The molecule has 5 nitrogen and oxygen atoms in total. The number of hydrogen-bond acceptors (Lipinski definition) is 3. The van der Waals surface area contributed by atoms with Gasteiger partial charge in [-0.2, -0.15) is 0 Å². The number of imidazole rings is 1. The van der Waals surface area contributed by atoms with Crippen LogP contribution in [0.2, 0.25) is 25.7 Å². The second-order valence-electron chi connectivity index (χ2n) is 6.35. The van der Waals surface area contributed by atoms with Gasteiger partial charge in [-0.05, 0) is 28.4 Å². The molecule has 1 unspecified atom stereocenters. The molecule has 21 heavy (non-hydrogen) atoms. The Balaban J connectivity index is 2.79. The van der Waals surface area contributed by atoms with E-state index < -0.39 is 16.1 Å². The normalized spacial score (nSPS) is 13.6. The van der Waals surface area contributed by atoms with Crippen LogP contribution in [0.25, 0.3) is 0 Å². The predicted octanol–water partition coefficient (Wildman–Crippen LogP) is 3.39. The van der Waals surface area contributed by atoms with Crippen LogP contribution in [-0.2, 0) is 22.5 Å². The number of aryl methyl sites for hydroxylation is 1. The molecule has 0 bridgehead atoms. The van der Waals surface area contributed by atoms with E-state index in [1.807, 2.05) is 0 Å². The summed E-state index contributed by atoms with van der Waals surface area (Å²) in [4.78, 5) is 13.9. The number of hydrogen-bond donors (Lipinski definition) is 1. The van der Waals surface area contributed by atoms with E-state index in [0.717, 1.165) is 31.1 Å². The Hall–Kier alpha value is 0.0569. The van der Waals surface area contributed by atoms with Gasteiger partial charge in [0.2, 0.25) is 8.03 Å². The van der Waals surface area contributed by atoms with Crippen molar-refractivity contribution in [3.63, 3.8) is 0 Å². The smallest absolute Gasteiger partial charge is 0.236 e. The van der Waals surface area contributed by atoms with Crippen molar-refractivity contribution in [3.05, 3.63) is 10.4 Å². The molecule has 1 atom stereocenters. The standard InChI is InChI=1S/C13H26BrN2O3PSi/c1-5-6-7-11-15-12(14)13(20(17)18)16(11)10-19-8-9-21(2,3)4/h20H,5-10H2,1-4H3,(H,17,18). The van der Waals surface area contributed by atoms with E-state index in [1.54, 1.807) is 4.57 Å². The molecule has 0 aliphatic heterocycles. The number of aromatic nitrogens is 2. The molecule has 0 aromatic carbocycles. The van der Waals surface area contributed by atoms with Crippen LogP contribution < -0.4 is 5.44 Å². The zero-order chi connectivity index (χ0) is 16.0. The van der Waals surface area contributed by atoms with Crippen molar-refractivity contribution in [2.24, 2.45) is 0 Å². The Morgan fingerprint density at radius 1 is 1.43 bits per heavy atom. The van der Waals surface area contributed by atoms with E-state index in [1.165, 1.54) is 0 Å². The van der Waals surface area contributed by atoms with Gasteiger partial charge in [-0.3, -0.25) is 9.13 Å². The van der Waals surface area contributed by atoms with Gasteiger partial charge in [-0.25, -0.2) is 4.98 Å². The summed E-state index contributed by atoms with van der Waals surface area (Å²) >= 11 is 3.29. The molecule has 0 fully saturated rings. The molecule has 0 aliphatic carbocycles. The SMILES string of the molecule is CCCCc1nc(Br)c([PH](=O)O)n1COCC[Si](C)(C)C. The van der Waals surface area contributed by atoms with Gasteiger partial charge in [0.05, 0.1) is 0 Å². The summed E-state index contributed by atoms with van der Waals surface area (Å²) in [6.45, 7) is 10.00. The molecule has 0 saturated heterocycles. The minimum absolute atomic E-state index is 0.300. The highest BCUT2D eigenvalue weighted by atomic mass is 79.9. The highest BCUT2D eigenvalue weighted by molar-refractivity contribution is 9.10. The molecule has 8 heteroatoms. The van der Waals surface area contributed by atoms with Crippen LogP contribution in [0.15, 0.2) is 4.60 Å². The molecule has 1 aromatic rings. The van der Waals surface area contributed by atoms with Crippen LogP contribution in [0.1, 0.15) is 25.6 Å². The average Bonchev–Trinajstić information content (AvgIpc) is 2.67. The second kappa shape index (κ2) is 8.63. The van der Waals surface area contributed by atoms with Gasteiger partial charge in [0.15, 0.2) is 0 Å². The third kappa shape index (κ3) is 6.36. The number of nitrogens with zero attached hydrogens (tertiary/aromatic N) is 2. The summed E-state index contributed by atoms with van der Waals surface area (Å²) in [5, 5.41) is 0. The largest absolute Gasteiger partial charge is 0.361 e. The Labute approximate surface area is 137 Å². The molecule has 1 aromatic heterocycles. The summed E-state index contributed by atoms with van der Waals surface area (Å²) < 4.78 is 19.5. The molecule has 0 radical (unpaired) electrons. The lowest BCUT2D eigenvalue weighted by atomic mass is 10.2. The van der Waals surface area contributed by atoms with E-state index in [-0.39, 0.29) is 0 Å². The van der Waals surface area contributed by atoms with Gasteiger partial charge >= 0.3 is 0 Å². The maximum absolute atomic E-state index is 11.6. The molecule has 0 aliphatic rings. The van der Waals surface area contributed by atoms with Gasteiger partial charge < -0.3 is 9.63 Å². The fourth-order valence-corrected chi connectivity index (χ4v) is 4.21. The van der Waals surface area contributed by atoms with E-state index in [2.05, 4.69) is 47.5 Å². The molecule has 0 spiro atoms. The summed E-state index contributed by atoms with van der Waals surface area (Å²) in [6, 6.07) is 1.08. The van der Waals surface area contributed by atoms with Crippen molar-refractivity contribution in [1.29, 1.82) is 0 Å². The first-order chi connectivity index (χ1) is 9.76. The van der Waals surface area contributed by atoms with Crippen molar-refractivity contribution >= 4 is 37.5 Å². The predicted molar refractivity (Wildman–Crippen MR) is 93.5 cm³/mol. The summed E-state index contributed by atoms with van der Waals surface area (Å²) in [7, 11) is -3.93. The molecule has 0 amide bonds. The van der Waals surface area contributed by atoms with Crippen LogP contribution >= 0.6 is 24.0 Å². The lowest BCUT2D eigenvalue weighted by Crippen LogP contribution is -2.24. The quantitative estimate of drug-likeness (QED) is 0.394. The lowest BCUT2D eigenvalue weighted by Gasteiger charge is -2.16. The number of unbranched alkanes of at least 4 members (excludes halogenated alkanes) is 1. The van der Waals surface area contributed by atoms with Crippen molar-refractivity contribution in [1.82, 2.24) is 9.55 Å². The van der Waals surface area contributed by atoms with Crippen molar-refractivity contribution in [3.8, 4) is 0 Å². The zero-order valence-electron chi connectivity index (χ0n) is 13.3. The molecule has 1 rings (SSSR count). The topological polar surface area (TPSA) is 64.3 Å². The molecule has 122 valence electrons. The molecule has 1 N–H and O–H groups in total. The highest BCUT2D eigenvalue weighted by Crippen LogP contribution is 2.22. The summed E-state index contributed by atoms with van der Waals surface area (Å²) in [6.07, 6.45) is 2.86. The lowest BCUT2D eigenvalue weighted by molar-refractivity contribution is 0.0869. The van der Waals surface area contributed by atoms with Gasteiger partial charge in [0.1, 0.15) is 22.6 Å². The maximum Gasteiger partial charge on any atom is 0.236 e. The van der Waals surface area contributed by atoms with Gasteiger partial charge in [0.25, 0.3) is 0 Å². The first-order valence-corrected chi connectivity index (χ1v) is 13.2. The van der Waals surface area contributed by atoms with Gasteiger partial charge in [0, 0.05) is 21.1 Å². The van der Waals surface area contributed by atoms with Crippen molar-refractivity contribution < 1.29 is 14.2 Å². The first-order valence-electron chi connectivity index (χ1n) is 7.32. The van der Waals surface area contributed by atoms with Crippen molar-refractivity contribution in [2.45, 2.75) is 58.6 Å². The maximum atomic E-state index is 11.6. The number of ether oxygens (including phenoxy) is 1.